The molecule has 0 saturated heterocycles. The van der Waals surface area contributed by atoms with Gasteiger partial charge < -0.3 is 1.43 Å². The van der Waals surface area contributed by atoms with Gasteiger partial charge in [-0.15, -0.1) is 0 Å². The van der Waals surface area contributed by atoms with E-state index >= 15 is 0 Å². The van der Waals surface area contributed by atoms with Gasteiger partial charge in [0.15, 0.2) is 0 Å². The summed E-state index contributed by atoms with van der Waals surface area (Å²) >= 11 is 0. The van der Waals surface area contributed by atoms with Crippen molar-refractivity contribution in [2.75, 3.05) is 0 Å². The zero-order valence-electron chi connectivity index (χ0n) is 8.13. The van der Waals surface area contributed by atoms with Crippen molar-refractivity contribution < 1.29 is 28.5 Å². The number of hydrogen-bond acceptors (Lipinski definition) is 0. The molecule has 0 aromatic heterocycles. The zero-order valence-corrected chi connectivity index (χ0v) is 10.3. The van der Waals surface area contributed by atoms with Crippen LogP contribution in [0.4, 0.5) is 0 Å². The first-order valence-corrected chi connectivity index (χ1v) is 3.54. The molecule has 0 aliphatic carbocycles. The van der Waals surface area contributed by atoms with Crippen molar-refractivity contribution in [3.05, 3.63) is 67.3 Å². The van der Waals surface area contributed by atoms with E-state index in [0.29, 0.717) is 0 Å². The van der Waals surface area contributed by atoms with Crippen molar-refractivity contribution in [3.63, 3.8) is 0 Å². The van der Waals surface area contributed by atoms with E-state index in [9.17, 15) is 0 Å². The van der Waals surface area contributed by atoms with Gasteiger partial charge in [-0.3, -0.25) is 0 Å². The summed E-state index contributed by atoms with van der Waals surface area (Å²) in [5, 5.41) is 0. The first-order valence-electron chi connectivity index (χ1n) is 3.54. The van der Waals surface area contributed by atoms with Crippen molar-refractivity contribution >= 4 is 0 Å². The molecule has 69 valence electrons. The van der Waals surface area contributed by atoms with Crippen LogP contribution in [0.5, 0.6) is 0 Å². The average molecular weight is 340 g/mol. The van der Waals surface area contributed by atoms with Gasteiger partial charge in [0.1, 0.15) is 0 Å². The predicted molar refractivity (Wildman–Crippen MR) is 49.1 cm³/mol. The van der Waals surface area contributed by atoms with Crippen LogP contribution >= 0.6 is 0 Å². The largest absolute Gasteiger partial charge is 1.00 e. The summed E-state index contributed by atoms with van der Waals surface area (Å²) in [4.78, 5) is 0. The summed E-state index contributed by atoms with van der Waals surface area (Å²) in [7, 11) is 0. The van der Waals surface area contributed by atoms with Gasteiger partial charge in [0.25, 0.3) is 0 Å². The Morgan fingerprint density at radius 3 is 1.08 bits per heavy atom. The molecule has 0 unspecified atom stereocenters. The Morgan fingerprint density at radius 2 is 1.00 bits per heavy atom. The van der Waals surface area contributed by atoms with Gasteiger partial charge in [-0.25, -0.2) is 24.3 Å². The zero-order chi connectivity index (χ0) is 9.07. The fourth-order valence-corrected chi connectivity index (χ4v) is 0.642. The van der Waals surface area contributed by atoms with Gasteiger partial charge in [0.05, 0.1) is 0 Å². The van der Waals surface area contributed by atoms with Gasteiger partial charge in [-0.1, -0.05) is 0 Å². The molecular weight excluding hydrogens is 329 g/mol. The van der Waals surface area contributed by atoms with E-state index in [4.69, 9.17) is 4.65 Å². The second-order valence-electron chi connectivity index (χ2n) is 1.92. The van der Waals surface area contributed by atoms with Gasteiger partial charge in [-0.2, -0.15) is 36.4 Å². The maximum absolute atomic E-state index is 7.50. The van der Waals surface area contributed by atoms with Gasteiger partial charge in [-0.05, 0) is 0 Å². The summed E-state index contributed by atoms with van der Waals surface area (Å²) in [5.74, 6) is 0. The molecule has 1 radical (unpaired) electrons. The molecule has 0 fully saturated rings. The third kappa shape index (κ3) is 11.2. The molecule has 0 saturated carbocycles. The van der Waals surface area contributed by atoms with Crippen molar-refractivity contribution in [2.45, 2.75) is 0 Å². The normalized spacial score (nSPS) is 6.31. The molecule has 0 aliphatic rings. The summed E-state index contributed by atoms with van der Waals surface area (Å²) < 4.78 is 7.50. The van der Waals surface area contributed by atoms with Crippen LogP contribution in [0, 0.1) is 6.65 Å². The molecule has 0 aliphatic heterocycles. The Kier molecular flexibility index (Phi) is 15.5. The fraction of sp³-hybridized carbons (Fsp3) is 0. The maximum Gasteiger partial charge on any atom is 0 e. The van der Waals surface area contributed by atoms with Crippen LogP contribution in [0.25, 0.3) is 0 Å². The quantitative estimate of drug-likeness (QED) is 0.519. The summed E-state index contributed by atoms with van der Waals surface area (Å²) in [6.07, 6.45) is 0. The molecule has 2 heteroatoms. The standard InChI is InChI=1S/2C5H5.CO.Ta.H/c2*1-2-4-5-3-1;1-2;;/h2*1-5H;;;/q2*-1;;;-1. The van der Waals surface area contributed by atoms with Crippen molar-refractivity contribution in [1.82, 2.24) is 0 Å². The maximum atomic E-state index is 7.50. The van der Waals surface area contributed by atoms with Gasteiger partial charge in [0, 0.05) is 22.4 Å². The van der Waals surface area contributed by atoms with Gasteiger partial charge in [0.2, 0.25) is 0 Å². The minimum absolute atomic E-state index is 0. The summed E-state index contributed by atoms with van der Waals surface area (Å²) in [6.45, 7) is 4.50. The molecule has 0 amide bonds. The van der Waals surface area contributed by atoms with Crippen LogP contribution in [-0.4, -0.2) is 0 Å². The average Bonchev–Trinajstić information content (AvgIpc) is 2.87. The van der Waals surface area contributed by atoms with Crippen LogP contribution in [0.1, 0.15) is 1.43 Å². The minimum Gasteiger partial charge on any atom is -1.00 e. The Balaban J connectivity index is -0.000000131. The van der Waals surface area contributed by atoms with Crippen LogP contribution in [0.3, 0.4) is 0 Å². The molecule has 2 rings (SSSR count). The Labute approximate surface area is 95.8 Å². The Bertz CT molecular complexity index is 187. The second-order valence-corrected chi connectivity index (χ2v) is 1.92. The molecule has 0 N–H and O–H groups in total. The van der Waals surface area contributed by atoms with Crippen molar-refractivity contribution in [3.8, 4) is 0 Å². The monoisotopic (exact) mass is 340 g/mol. The molecule has 2 aromatic carbocycles. The Hall–Kier alpha value is -0.820. The molecule has 13 heavy (non-hydrogen) atoms. The van der Waals surface area contributed by atoms with E-state index in [0.717, 1.165) is 0 Å². The second kappa shape index (κ2) is 13.7. The number of rotatable bonds is 0. The molecule has 0 heterocycles. The minimum atomic E-state index is 0. The first-order chi connectivity index (χ1) is 6.00. The first kappa shape index (κ1) is 14.7. The molecular formula is C11H11OTa-3. The van der Waals surface area contributed by atoms with E-state index in [1.807, 2.05) is 60.7 Å². The van der Waals surface area contributed by atoms with Crippen LogP contribution in [0.2, 0.25) is 0 Å². The fourth-order valence-electron chi connectivity index (χ4n) is 0.642. The summed E-state index contributed by atoms with van der Waals surface area (Å²) in [5.41, 5.74) is 0. The summed E-state index contributed by atoms with van der Waals surface area (Å²) in [6, 6.07) is 20.0. The topological polar surface area (TPSA) is 19.9 Å². The number of hydrogen-bond donors (Lipinski definition) is 0. The van der Waals surface area contributed by atoms with Crippen LogP contribution < -0.4 is 0 Å². The molecule has 1 nitrogen and oxygen atoms in total. The predicted octanol–water partition coefficient (Wildman–Crippen LogP) is 2.88. The van der Waals surface area contributed by atoms with E-state index in [1.165, 1.54) is 0 Å². The molecule has 2 aromatic rings. The van der Waals surface area contributed by atoms with E-state index in [2.05, 4.69) is 6.65 Å². The van der Waals surface area contributed by atoms with E-state index in [-0.39, 0.29) is 23.8 Å². The van der Waals surface area contributed by atoms with E-state index in [1.54, 1.807) is 0 Å². The smallest absolute Gasteiger partial charge is 0 e. The SMILES string of the molecule is [C-]#[O+].[H-].[Ta].c1cc[cH-]c1.c1cc[cH-]c1. The third-order valence-corrected chi connectivity index (χ3v) is 1.11. The van der Waals surface area contributed by atoms with Crippen molar-refractivity contribution in [1.29, 1.82) is 0 Å². The molecule has 0 bridgehead atoms. The molecule has 0 atom stereocenters. The van der Waals surface area contributed by atoms with Crippen LogP contribution in [0.15, 0.2) is 60.7 Å². The van der Waals surface area contributed by atoms with E-state index < -0.39 is 0 Å². The molecule has 0 spiro atoms. The van der Waals surface area contributed by atoms with Crippen molar-refractivity contribution in [2.24, 2.45) is 0 Å². The Morgan fingerprint density at radius 1 is 0.769 bits per heavy atom. The van der Waals surface area contributed by atoms with Gasteiger partial charge >= 0.3 is 11.3 Å². The van der Waals surface area contributed by atoms with Crippen LogP contribution in [-0.2, 0) is 27.0 Å². The third-order valence-electron chi connectivity index (χ3n) is 1.11.